The van der Waals surface area contributed by atoms with Crippen LogP contribution in [0.2, 0.25) is 0 Å². The fourth-order valence-corrected chi connectivity index (χ4v) is 4.06. The average Bonchev–Trinajstić information content (AvgIpc) is 2.56. The number of unbranched alkanes of at least 4 members (excludes halogenated alkanes) is 1. The third kappa shape index (κ3) is 3.74. The van der Waals surface area contributed by atoms with Crippen LogP contribution in [-0.2, 0) is 11.3 Å². The summed E-state index contributed by atoms with van der Waals surface area (Å²) >= 11 is 0. The second kappa shape index (κ2) is 7.43. The van der Waals surface area contributed by atoms with Crippen LogP contribution >= 0.6 is 0 Å². The molecule has 0 unspecified atom stereocenters. The van der Waals surface area contributed by atoms with Gasteiger partial charge >= 0.3 is 0 Å². The fraction of sp³-hybridized carbons (Fsp3) is 0.632. The van der Waals surface area contributed by atoms with E-state index in [9.17, 15) is 9.18 Å². The number of nitrogens with zero attached hydrogens (tertiary/aromatic N) is 2. The number of likely N-dealkylation sites (tertiary alicyclic amines) is 2. The Kier molecular flexibility index (Phi) is 5.31. The molecule has 0 radical (unpaired) electrons. The van der Waals surface area contributed by atoms with Crippen LogP contribution in [0.4, 0.5) is 4.39 Å². The molecule has 2 fully saturated rings. The zero-order valence-corrected chi connectivity index (χ0v) is 14.0. The van der Waals surface area contributed by atoms with Gasteiger partial charge in [0.05, 0.1) is 0 Å². The molecule has 0 N–H and O–H groups in total. The van der Waals surface area contributed by atoms with Gasteiger partial charge in [0.15, 0.2) is 0 Å². The van der Waals surface area contributed by atoms with E-state index >= 15 is 0 Å². The maximum atomic E-state index is 13.9. The Morgan fingerprint density at radius 1 is 1.26 bits per heavy atom. The number of carbonyl (C=O) groups is 1. The van der Waals surface area contributed by atoms with Crippen LogP contribution in [0, 0.1) is 11.7 Å². The van der Waals surface area contributed by atoms with Gasteiger partial charge in [-0.05, 0) is 31.2 Å². The number of fused-ring (bicyclic) bond motifs is 1. The van der Waals surface area contributed by atoms with Crippen LogP contribution < -0.4 is 0 Å². The summed E-state index contributed by atoms with van der Waals surface area (Å²) in [6.45, 7) is 5.69. The lowest BCUT2D eigenvalue weighted by molar-refractivity contribution is -0.141. The largest absolute Gasteiger partial charge is 0.339 e. The van der Waals surface area contributed by atoms with E-state index in [1.54, 1.807) is 6.07 Å². The molecule has 1 aromatic carbocycles. The molecule has 3 rings (SSSR count). The molecule has 1 aromatic rings. The quantitative estimate of drug-likeness (QED) is 0.830. The average molecular weight is 318 g/mol. The van der Waals surface area contributed by atoms with Gasteiger partial charge in [-0.3, -0.25) is 9.69 Å². The van der Waals surface area contributed by atoms with Crippen molar-refractivity contribution < 1.29 is 9.18 Å². The summed E-state index contributed by atoms with van der Waals surface area (Å²) in [5.41, 5.74) is 0.778. The van der Waals surface area contributed by atoms with Crippen molar-refractivity contribution in [2.45, 2.75) is 51.6 Å². The molecule has 0 aliphatic carbocycles. The predicted molar refractivity (Wildman–Crippen MR) is 89.4 cm³/mol. The highest BCUT2D eigenvalue weighted by Gasteiger charge is 2.38. The Labute approximate surface area is 138 Å². The first-order valence-corrected chi connectivity index (χ1v) is 8.94. The van der Waals surface area contributed by atoms with Crippen molar-refractivity contribution in [2.24, 2.45) is 5.92 Å². The highest BCUT2D eigenvalue weighted by atomic mass is 19.1. The third-order valence-corrected chi connectivity index (χ3v) is 5.33. The molecule has 0 aromatic heterocycles. The number of piperidine rings is 2. The van der Waals surface area contributed by atoms with Crippen molar-refractivity contribution in [3.63, 3.8) is 0 Å². The minimum Gasteiger partial charge on any atom is -0.339 e. The van der Waals surface area contributed by atoms with Crippen molar-refractivity contribution in [3.05, 3.63) is 35.6 Å². The number of halogens is 1. The predicted octanol–water partition coefficient (Wildman–Crippen LogP) is 3.44. The summed E-state index contributed by atoms with van der Waals surface area (Å²) in [5, 5.41) is 0. The third-order valence-electron chi connectivity index (χ3n) is 5.33. The van der Waals surface area contributed by atoms with E-state index < -0.39 is 0 Å². The first-order chi connectivity index (χ1) is 11.2. The van der Waals surface area contributed by atoms with Gasteiger partial charge < -0.3 is 4.90 Å². The van der Waals surface area contributed by atoms with E-state index in [1.807, 2.05) is 12.1 Å². The molecule has 2 atom stereocenters. The molecule has 1 amide bonds. The Bertz CT molecular complexity index is 548. The zero-order valence-electron chi connectivity index (χ0n) is 14.0. The smallest absolute Gasteiger partial charge is 0.222 e. The SMILES string of the molecule is CCCCN1C(=O)CC[C@@H]2CN(Cc3ccccc3F)CC[C@@H]21. The molecule has 0 saturated carbocycles. The first kappa shape index (κ1) is 16.4. The lowest BCUT2D eigenvalue weighted by atomic mass is 9.83. The highest BCUT2D eigenvalue weighted by Crippen LogP contribution is 2.32. The van der Waals surface area contributed by atoms with Crippen molar-refractivity contribution in [2.75, 3.05) is 19.6 Å². The van der Waals surface area contributed by atoms with E-state index in [1.165, 1.54) is 6.07 Å². The Balaban J connectivity index is 1.62. The number of rotatable bonds is 5. The summed E-state index contributed by atoms with van der Waals surface area (Å²) in [6.07, 6.45) is 4.90. The van der Waals surface area contributed by atoms with Gasteiger partial charge in [0.25, 0.3) is 0 Å². The van der Waals surface area contributed by atoms with Gasteiger partial charge in [-0.2, -0.15) is 0 Å². The zero-order chi connectivity index (χ0) is 16.2. The van der Waals surface area contributed by atoms with E-state index in [-0.39, 0.29) is 5.82 Å². The van der Waals surface area contributed by atoms with E-state index in [0.717, 1.165) is 50.9 Å². The summed E-state index contributed by atoms with van der Waals surface area (Å²) in [6, 6.07) is 7.45. The molecule has 23 heavy (non-hydrogen) atoms. The van der Waals surface area contributed by atoms with Crippen LogP contribution in [-0.4, -0.2) is 41.4 Å². The topological polar surface area (TPSA) is 23.6 Å². The van der Waals surface area contributed by atoms with Crippen molar-refractivity contribution in [3.8, 4) is 0 Å². The number of hydrogen-bond acceptors (Lipinski definition) is 2. The van der Waals surface area contributed by atoms with Crippen molar-refractivity contribution in [1.82, 2.24) is 9.80 Å². The van der Waals surface area contributed by atoms with Crippen LogP contribution in [0.25, 0.3) is 0 Å². The number of amides is 1. The lowest BCUT2D eigenvalue weighted by Gasteiger charge is -2.47. The summed E-state index contributed by atoms with van der Waals surface area (Å²) in [7, 11) is 0. The number of benzene rings is 1. The molecular weight excluding hydrogens is 291 g/mol. The van der Waals surface area contributed by atoms with Crippen LogP contribution in [0.1, 0.15) is 44.6 Å². The van der Waals surface area contributed by atoms with Crippen molar-refractivity contribution >= 4 is 5.91 Å². The first-order valence-electron chi connectivity index (χ1n) is 8.94. The minimum absolute atomic E-state index is 0.113. The van der Waals surface area contributed by atoms with Crippen LogP contribution in [0.15, 0.2) is 24.3 Å². The highest BCUT2D eigenvalue weighted by molar-refractivity contribution is 5.77. The molecule has 126 valence electrons. The van der Waals surface area contributed by atoms with Gasteiger partial charge in [0.1, 0.15) is 5.82 Å². The summed E-state index contributed by atoms with van der Waals surface area (Å²) in [5.74, 6) is 0.769. The molecule has 2 heterocycles. The Morgan fingerprint density at radius 2 is 2.09 bits per heavy atom. The van der Waals surface area contributed by atoms with Gasteiger partial charge in [-0.25, -0.2) is 4.39 Å². The van der Waals surface area contributed by atoms with E-state index in [0.29, 0.717) is 30.8 Å². The van der Waals surface area contributed by atoms with Crippen LogP contribution in [0.5, 0.6) is 0 Å². The Hall–Kier alpha value is -1.42. The molecule has 0 bridgehead atoms. The molecule has 0 spiro atoms. The second-order valence-corrected chi connectivity index (χ2v) is 6.92. The van der Waals surface area contributed by atoms with E-state index in [2.05, 4.69) is 16.7 Å². The van der Waals surface area contributed by atoms with Gasteiger partial charge in [-0.15, -0.1) is 0 Å². The molecular formula is C19H27FN2O. The van der Waals surface area contributed by atoms with Crippen molar-refractivity contribution in [1.29, 1.82) is 0 Å². The van der Waals surface area contributed by atoms with Crippen LogP contribution in [0.3, 0.4) is 0 Å². The minimum atomic E-state index is -0.113. The standard InChI is InChI=1S/C19H27FN2O/c1-2-3-11-22-18-10-12-21(14-16(18)8-9-19(22)23)13-15-6-4-5-7-17(15)20/h4-7,16,18H,2-3,8-14H2,1H3/t16-,18+/m1/s1. The molecule has 2 aliphatic heterocycles. The Morgan fingerprint density at radius 3 is 2.87 bits per heavy atom. The summed E-state index contributed by atoms with van der Waals surface area (Å²) in [4.78, 5) is 16.7. The molecule has 3 nitrogen and oxygen atoms in total. The monoisotopic (exact) mass is 318 g/mol. The lowest BCUT2D eigenvalue weighted by Crippen LogP contribution is -2.55. The van der Waals surface area contributed by atoms with Gasteiger partial charge in [0.2, 0.25) is 5.91 Å². The van der Waals surface area contributed by atoms with Gasteiger partial charge in [-0.1, -0.05) is 31.5 Å². The number of carbonyl (C=O) groups excluding carboxylic acids is 1. The summed E-state index contributed by atoms with van der Waals surface area (Å²) < 4.78 is 13.9. The number of hydrogen-bond donors (Lipinski definition) is 0. The maximum absolute atomic E-state index is 13.9. The molecule has 2 saturated heterocycles. The maximum Gasteiger partial charge on any atom is 0.222 e. The normalized spacial score (nSPS) is 25.5. The van der Waals surface area contributed by atoms with Gasteiger partial charge in [0, 0.05) is 44.2 Å². The molecule has 4 heteroatoms. The molecule has 2 aliphatic rings. The fourth-order valence-electron chi connectivity index (χ4n) is 4.06. The second-order valence-electron chi connectivity index (χ2n) is 6.92. The van der Waals surface area contributed by atoms with E-state index in [4.69, 9.17) is 0 Å².